The molecule has 144 valence electrons. The Labute approximate surface area is 165 Å². The molecule has 0 atom stereocenters. The Balaban J connectivity index is 1.53. The van der Waals surface area contributed by atoms with Crippen LogP contribution >= 0.6 is 0 Å². The number of anilines is 1. The molecule has 28 heavy (non-hydrogen) atoms. The fraction of sp³-hybridized carbons (Fsp3) is 0.136. The van der Waals surface area contributed by atoms with Gasteiger partial charge >= 0.3 is 0 Å². The van der Waals surface area contributed by atoms with Crippen molar-refractivity contribution < 1.29 is 13.2 Å². The zero-order valence-electron chi connectivity index (χ0n) is 15.3. The number of rotatable bonds is 8. The van der Waals surface area contributed by atoms with Crippen molar-refractivity contribution in [1.29, 1.82) is 0 Å². The van der Waals surface area contributed by atoms with Gasteiger partial charge in [0.25, 0.3) is 15.9 Å². The van der Waals surface area contributed by atoms with E-state index in [4.69, 9.17) is 0 Å². The fourth-order valence-corrected chi connectivity index (χ4v) is 3.81. The van der Waals surface area contributed by atoms with Crippen molar-refractivity contribution in [3.63, 3.8) is 0 Å². The SMILES string of the molecule is O=C(NCCCc1ccccc1)c1ccc(S(=O)(=O)Nc2ccccc2)cc1. The van der Waals surface area contributed by atoms with Crippen LogP contribution in [-0.2, 0) is 16.4 Å². The Kier molecular flexibility index (Phi) is 6.45. The third kappa shape index (κ3) is 5.44. The molecule has 3 aromatic carbocycles. The van der Waals surface area contributed by atoms with Crippen molar-refractivity contribution >= 4 is 21.6 Å². The maximum absolute atomic E-state index is 12.4. The van der Waals surface area contributed by atoms with Crippen LogP contribution in [0.25, 0.3) is 0 Å². The lowest BCUT2D eigenvalue weighted by atomic mass is 10.1. The van der Waals surface area contributed by atoms with Gasteiger partial charge in [0.15, 0.2) is 0 Å². The molecule has 3 aromatic rings. The van der Waals surface area contributed by atoms with Gasteiger partial charge in [-0.25, -0.2) is 8.42 Å². The maximum atomic E-state index is 12.4. The largest absolute Gasteiger partial charge is 0.352 e. The number of carbonyl (C=O) groups excluding carboxylic acids is 1. The van der Waals surface area contributed by atoms with E-state index in [1.54, 1.807) is 24.3 Å². The molecule has 3 rings (SSSR count). The summed E-state index contributed by atoms with van der Waals surface area (Å²) in [6.07, 6.45) is 1.73. The predicted molar refractivity (Wildman–Crippen MR) is 111 cm³/mol. The zero-order valence-corrected chi connectivity index (χ0v) is 16.2. The van der Waals surface area contributed by atoms with Crippen LogP contribution in [0.5, 0.6) is 0 Å². The van der Waals surface area contributed by atoms with E-state index >= 15 is 0 Å². The fourth-order valence-electron chi connectivity index (χ4n) is 2.75. The molecule has 0 spiro atoms. The molecule has 0 radical (unpaired) electrons. The molecule has 6 heteroatoms. The standard InChI is InChI=1S/C22H22N2O3S/c25-22(23-17-7-10-18-8-3-1-4-9-18)19-13-15-21(16-14-19)28(26,27)24-20-11-5-2-6-12-20/h1-6,8-9,11-16,24H,7,10,17H2,(H,23,25). The van der Waals surface area contributed by atoms with Crippen LogP contribution in [0.15, 0.2) is 89.8 Å². The Morgan fingerprint density at radius 3 is 2.04 bits per heavy atom. The van der Waals surface area contributed by atoms with Crippen molar-refractivity contribution in [3.05, 3.63) is 96.1 Å². The Morgan fingerprint density at radius 1 is 0.786 bits per heavy atom. The molecule has 0 bridgehead atoms. The monoisotopic (exact) mass is 394 g/mol. The minimum atomic E-state index is -3.69. The second kappa shape index (κ2) is 9.19. The summed E-state index contributed by atoms with van der Waals surface area (Å²) in [5.74, 6) is -0.215. The number of carbonyl (C=O) groups is 1. The maximum Gasteiger partial charge on any atom is 0.261 e. The Hall–Kier alpha value is -3.12. The summed E-state index contributed by atoms with van der Waals surface area (Å²) in [6, 6.07) is 24.7. The van der Waals surface area contributed by atoms with E-state index < -0.39 is 10.0 Å². The number of aryl methyl sites for hydroxylation is 1. The topological polar surface area (TPSA) is 75.3 Å². The molecular weight excluding hydrogens is 372 g/mol. The van der Waals surface area contributed by atoms with Crippen molar-refractivity contribution in [2.24, 2.45) is 0 Å². The Morgan fingerprint density at radius 2 is 1.39 bits per heavy atom. The summed E-state index contributed by atoms with van der Waals surface area (Å²) in [7, 11) is -3.69. The van der Waals surface area contributed by atoms with Crippen LogP contribution in [0.3, 0.4) is 0 Å². The van der Waals surface area contributed by atoms with Gasteiger partial charge in [0.05, 0.1) is 4.90 Å². The molecular formula is C22H22N2O3S. The summed E-state index contributed by atoms with van der Waals surface area (Å²) in [5, 5.41) is 2.86. The molecule has 5 nitrogen and oxygen atoms in total. The number of sulfonamides is 1. The lowest BCUT2D eigenvalue weighted by molar-refractivity contribution is 0.0953. The van der Waals surface area contributed by atoms with Crippen molar-refractivity contribution in [3.8, 4) is 0 Å². The summed E-state index contributed by atoms with van der Waals surface area (Å²) in [6.45, 7) is 0.559. The molecule has 0 aromatic heterocycles. The van der Waals surface area contributed by atoms with E-state index in [1.807, 2.05) is 24.3 Å². The van der Waals surface area contributed by atoms with Crippen LogP contribution in [0, 0.1) is 0 Å². The first kappa shape index (κ1) is 19.6. The highest BCUT2D eigenvalue weighted by molar-refractivity contribution is 7.92. The van der Waals surface area contributed by atoms with E-state index in [9.17, 15) is 13.2 Å². The number of amides is 1. The molecule has 0 aliphatic rings. The van der Waals surface area contributed by atoms with E-state index in [0.29, 0.717) is 17.8 Å². The van der Waals surface area contributed by atoms with E-state index in [2.05, 4.69) is 22.2 Å². The average Bonchev–Trinajstić information content (AvgIpc) is 2.72. The Bertz CT molecular complexity index is 1000. The predicted octanol–water partition coefficient (Wildman–Crippen LogP) is 3.85. The second-order valence-corrected chi connectivity index (χ2v) is 8.02. The first-order valence-electron chi connectivity index (χ1n) is 9.05. The number of hydrogen-bond acceptors (Lipinski definition) is 3. The van der Waals surface area contributed by atoms with Crippen LogP contribution in [0.4, 0.5) is 5.69 Å². The summed E-state index contributed by atoms with van der Waals surface area (Å²) in [4.78, 5) is 12.3. The summed E-state index contributed by atoms with van der Waals surface area (Å²) < 4.78 is 27.3. The van der Waals surface area contributed by atoms with Gasteiger partial charge in [0, 0.05) is 17.8 Å². The van der Waals surface area contributed by atoms with Crippen molar-refractivity contribution in [2.45, 2.75) is 17.7 Å². The molecule has 0 saturated carbocycles. The van der Waals surface area contributed by atoms with Gasteiger partial charge in [-0.1, -0.05) is 48.5 Å². The van der Waals surface area contributed by atoms with Gasteiger partial charge < -0.3 is 5.32 Å². The van der Waals surface area contributed by atoms with E-state index in [1.165, 1.54) is 29.8 Å². The molecule has 0 saturated heterocycles. The van der Waals surface area contributed by atoms with Crippen LogP contribution < -0.4 is 10.0 Å². The average molecular weight is 394 g/mol. The van der Waals surface area contributed by atoms with Gasteiger partial charge in [0.2, 0.25) is 0 Å². The first-order valence-corrected chi connectivity index (χ1v) is 10.5. The molecule has 1 amide bonds. The highest BCUT2D eigenvalue weighted by atomic mass is 32.2. The molecule has 0 fully saturated rings. The lowest BCUT2D eigenvalue weighted by Crippen LogP contribution is -2.24. The molecule has 0 aliphatic carbocycles. The molecule has 2 N–H and O–H groups in total. The van der Waals surface area contributed by atoms with Gasteiger partial charge in [-0.3, -0.25) is 9.52 Å². The van der Waals surface area contributed by atoms with Crippen LogP contribution in [0.2, 0.25) is 0 Å². The van der Waals surface area contributed by atoms with E-state index in [0.717, 1.165) is 12.8 Å². The third-order valence-electron chi connectivity index (χ3n) is 4.22. The van der Waals surface area contributed by atoms with Crippen LogP contribution in [-0.4, -0.2) is 20.9 Å². The number of hydrogen-bond donors (Lipinski definition) is 2. The van der Waals surface area contributed by atoms with Crippen molar-refractivity contribution in [2.75, 3.05) is 11.3 Å². The van der Waals surface area contributed by atoms with Gasteiger partial charge in [0.1, 0.15) is 0 Å². The summed E-state index contributed by atoms with van der Waals surface area (Å²) >= 11 is 0. The van der Waals surface area contributed by atoms with Gasteiger partial charge in [-0.2, -0.15) is 0 Å². The quantitative estimate of drug-likeness (QED) is 0.570. The number of para-hydroxylation sites is 1. The normalized spacial score (nSPS) is 11.0. The smallest absolute Gasteiger partial charge is 0.261 e. The minimum Gasteiger partial charge on any atom is -0.352 e. The molecule has 0 unspecified atom stereocenters. The van der Waals surface area contributed by atoms with E-state index in [-0.39, 0.29) is 10.8 Å². The first-order chi connectivity index (χ1) is 13.5. The minimum absolute atomic E-state index is 0.108. The highest BCUT2D eigenvalue weighted by Gasteiger charge is 2.15. The molecule has 0 aliphatic heterocycles. The number of nitrogens with one attached hydrogen (secondary N) is 2. The van der Waals surface area contributed by atoms with Gasteiger partial charge in [-0.15, -0.1) is 0 Å². The zero-order chi connectivity index (χ0) is 19.8. The lowest BCUT2D eigenvalue weighted by Gasteiger charge is -2.09. The number of benzene rings is 3. The third-order valence-corrected chi connectivity index (χ3v) is 5.62. The molecule has 0 heterocycles. The van der Waals surface area contributed by atoms with Gasteiger partial charge in [-0.05, 0) is 54.8 Å². The summed E-state index contributed by atoms with van der Waals surface area (Å²) in [5.41, 5.74) is 2.15. The van der Waals surface area contributed by atoms with Crippen LogP contribution in [0.1, 0.15) is 22.3 Å². The highest BCUT2D eigenvalue weighted by Crippen LogP contribution is 2.16. The van der Waals surface area contributed by atoms with Crippen molar-refractivity contribution in [1.82, 2.24) is 5.32 Å². The second-order valence-electron chi connectivity index (χ2n) is 6.34.